The molecule has 1 aromatic rings. The second kappa shape index (κ2) is 11.7. The fourth-order valence-corrected chi connectivity index (χ4v) is 4.87. The van der Waals surface area contributed by atoms with E-state index in [0.29, 0.717) is 35.8 Å². The summed E-state index contributed by atoms with van der Waals surface area (Å²) >= 11 is 6.40. The Hall–Kier alpha value is -2.12. The number of pyridine rings is 1. The van der Waals surface area contributed by atoms with Crippen molar-refractivity contribution in [3.8, 4) is 0 Å². The first-order valence-corrected chi connectivity index (χ1v) is 11.9. The van der Waals surface area contributed by atoms with E-state index in [4.69, 9.17) is 16.3 Å². The molecule has 1 amide bonds. The molecule has 0 bridgehead atoms. The Morgan fingerprint density at radius 2 is 2.03 bits per heavy atom. The van der Waals surface area contributed by atoms with E-state index in [1.807, 2.05) is 4.90 Å². The van der Waals surface area contributed by atoms with Crippen LogP contribution in [0.1, 0.15) is 44.6 Å². The van der Waals surface area contributed by atoms with Gasteiger partial charge in [0, 0.05) is 43.9 Å². The molecule has 0 spiro atoms. The lowest BCUT2D eigenvalue weighted by atomic mass is 9.81. The Morgan fingerprint density at radius 3 is 2.69 bits per heavy atom. The van der Waals surface area contributed by atoms with Crippen molar-refractivity contribution in [1.82, 2.24) is 14.8 Å². The Balaban J connectivity index is 1.48. The van der Waals surface area contributed by atoms with Crippen LogP contribution in [-0.2, 0) is 14.3 Å². The van der Waals surface area contributed by atoms with Crippen molar-refractivity contribution in [1.29, 1.82) is 0 Å². The molecule has 1 aliphatic carbocycles. The maximum Gasteiger partial charge on any atom is 0.330 e. The van der Waals surface area contributed by atoms with Crippen LogP contribution in [0.2, 0.25) is 5.02 Å². The third kappa shape index (κ3) is 6.94. The number of aromatic nitrogens is 1. The maximum atomic E-state index is 13.0. The highest BCUT2D eigenvalue weighted by atomic mass is 35.5. The van der Waals surface area contributed by atoms with E-state index in [2.05, 4.69) is 29.3 Å². The van der Waals surface area contributed by atoms with Crippen molar-refractivity contribution < 1.29 is 14.3 Å². The summed E-state index contributed by atoms with van der Waals surface area (Å²) < 4.78 is 4.87. The number of anilines is 1. The Labute approximate surface area is 196 Å². The number of halogens is 1. The normalized spacial score (nSPS) is 23.7. The first-order chi connectivity index (χ1) is 15.4. The third-order valence-corrected chi connectivity index (χ3v) is 6.51. The fraction of sp³-hybridized carbons (Fsp3) is 0.625. The van der Waals surface area contributed by atoms with Crippen LogP contribution in [0.25, 0.3) is 6.08 Å². The topological polar surface area (TPSA) is 74.8 Å². The van der Waals surface area contributed by atoms with Gasteiger partial charge in [-0.1, -0.05) is 11.6 Å². The molecule has 8 heteroatoms. The number of nitrogens with zero attached hydrogens (tertiary/aromatic N) is 3. The van der Waals surface area contributed by atoms with E-state index < -0.39 is 5.97 Å². The van der Waals surface area contributed by atoms with Crippen molar-refractivity contribution in [3.05, 3.63) is 28.9 Å². The first-order valence-electron chi connectivity index (χ1n) is 11.6. The monoisotopic (exact) mass is 462 g/mol. The van der Waals surface area contributed by atoms with Gasteiger partial charge in [0.15, 0.2) is 0 Å². The molecule has 1 aromatic heterocycles. The molecule has 0 aromatic carbocycles. The van der Waals surface area contributed by atoms with Gasteiger partial charge >= 0.3 is 5.97 Å². The molecular weight excluding hydrogens is 428 g/mol. The number of rotatable bonds is 8. The Kier molecular flexibility index (Phi) is 8.93. The first kappa shape index (κ1) is 24.5. The number of likely N-dealkylation sites (tertiary alicyclic amines) is 1. The van der Waals surface area contributed by atoms with Crippen LogP contribution in [0.4, 0.5) is 5.82 Å². The molecule has 7 nitrogen and oxygen atoms in total. The molecule has 1 saturated carbocycles. The summed E-state index contributed by atoms with van der Waals surface area (Å²) in [5.41, 5.74) is 0.724. The van der Waals surface area contributed by atoms with Gasteiger partial charge < -0.3 is 19.9 Å². The number of amides is 1. The number of hydrogen-bond acceptors (Lipinski definition) is 6. The van der Waals surface area contributed by atoms with E-state index in [-0.39, 0.29) is 12.0 Å². The Morgan fingerprint density at radius 1 is 1.28 bits per heavy atom. The quantitative estimate of drug-likeness (QED) is 0.469. The molecule has 3 rings (SSSR count). The highest BCUT2D eigenvalue weighted by Crippen LogP contribution is 2.31. The van der Waals surface area contributed by atoms with E-state index in [9.17, 15) is 9.59 Å². The van der Waals surface area contributed by atoms with E-state index >= 15 is 0 Å². The van der Waals surface area contributed by atoms with Gasteiger partial charge in [-0.3, -0.25) is 4.79 Å². The lowest BCUT2D eigenvalue weighted by molar-refractivity contribution is -0.137. The van der Waals surface area contributed by atoms with Crippen molar-refractivity contribution in [2.24, 2.45) is 11.8 Å². The molecule has 0 unspecified atom stereocenters. The summed E-state index contributed by atoms with van der Waals surface area (Å²) in [7, 11) is 4.23. The molecule has 2 heterocycles. The predicted octanol–water partition coefficient (Wildman–Crippen LogP) is 3.69. The van der Waals surface area contributed by atoms with Crippen LogP contribution in [0.5, 0.6) is 0 Å². The fourth-order valence-electron chi connectivity index (χ4n) is 4.64. The average molecular weight is 463 g/mol. The van der Waals surface area contributed by atoms with Gasteiger partial charge in [0.1, 0.15) is 5.82 Å². The largest absolute Gasteiger partial charge is 0.463 e. The highest BCUT2D eigenvalue weighted by Gasteiger charge is 2.33. The summed E-state index contributed by atoms with van der Waals surface area (Å²) in [4.78, 5) is 33.1. The van der Waals surface area contributed by atoms with Gasteiger partial charge in [0.25, 0.3) is 0 Å². The highest BCUT2D eigenvalue weighted by molar-refractivity contribution is 6.33. The Bertz CT molecular complexity index is 821. The summed E-state index contributed by atoms with van der Waals surface area (Å²) in [5, 5.41) is 3.87. The smallest absolute Gasteiger partial charge is 0.330 e. The zero-order valence-electron chi connectivity index (χ0n) is 19.3. The van der Waals surface area contributed by atoms with Crippen molar-refractivity contribution >= 4 is 35.4 Å². The number of nitrogens with one attached hydrogen (secondary N) is 1. The zero-order valence-corrected chi connectivity index (χ0v) is 20.1. The van der Waals surface area contributed by atoms with Crippen LogP contribution >= 0.6 is 11.6 Å². The third-order valence-electron chi connectivity index (χ3n) is 6.22. The van der Waals surface area contributed by atoms with E-state index in [1.54, 1.807) is 25.3 Å². The predicted molar refractivity (Wildman–Crippen MR) is 128 cm³/mol. The van der Waals surface area contributed by atoms with Gasteiger partial charge in [0.05, 0.1) is 11.6 Å². The SMILES string of the molecule is CCOC(=O)C=Cc1cnc(N[C@@H]2CCN(C(=O)C3CCC(CN(C)C)CC3)C2)c(Cl)c1. The summed E-state index contributed by atoms with van der Waals surface area (Å²) in [6, 6.07) is 1.89. The van der Waals surface area contributed by atoms with Gasteiger partial charge in [0.2, 0.25) is 5.91 Å². The number of hydrogen-bond donors (Lipinski definition) is 1. The molecule has 2 aliphatic rings. The summed E-state index contributed by atoms with van der Waals surface area (Å²) in [5.74, 6) is 1.39. The van der Waals surface area contributed by atoms with Gasteiger partial charge in [-0.15, -0.1) is 0 Å². The minimum Gasteiger partial charge on any atom is -0.463 e. The molecule has 0 radical (unpaired) electrons. The molecule has 32 heavy (non-hydrogen) atoms. The number of carbonyl (C=O) groups is 2. The number of esters is 1. The van der Waals surface area contributed by atoms with Crippen LogP contribution in [0.3, 0.4) is 0 Å². The van der Waals surface area contributed by atoms with E-state index in [0.717, 1.165) is 50.8 Å². The van der Waals surface area contributed by atoms with Crippen LogP contribution in [0.15, 0.2) is 18.3 Å². The number of carbonyl (C=O) groups excluding carboxylic acids is 2. The molecule has 1 atom stereocenters. The number of ether oxygens (including phenoxy) is 1. The summed E-state index contributed by atoms with van der Waals surface area (Å²) in [6.07, 6.45) is 9.81. The second-order valence-corrected chi connectivity index (χ2v) is 9.49. The molecule has 2 fully saturated rings. The van der Waals surface area contributed by atoms with Crippen molar-refractivity contribution in [3.63, 3.8) is 0 Å². The van der Waals surface area contributed by atoms with Gasteiger partial charge in [-0.25, -0.2) is 9.78 Å². The minimum atomic E-state index is -0.396. The molecule has 1 saturated heterocycles. The lowest BCUT2D eigenvalue weighted by Gasteiger charge is -2.31. The summed E-state index contributed by atoms with van der Waals surface area (Å²) in [6.45, 7) is 4.66. The van der Waals surface area contributed by atoms with Crippen LogP contribution in [-0.4, -0.2) is 73.0 Å². The van der Waals surface area contributed by atoms with Gasteiger partial charge in [-0.05, 0) is 76.7 Å². The van der Waals surface area contributed by atoms with Crippen LogP contribution in [0, 0.1) is 11.8 Å². The lowest BCUT2D eigenvalue weighted by Crippen LogP contribution is -2.38. The molecule has 1 aliphatic heterocycles. The van der Waals surface area contributed by atoms with Gasteiger partial charge in [-0.2, -0.15) is 0 Å². The van der Waals surface area contributed by atoms with E-state index in [1.165, 1.54) is 6.08 Å². The zero-order chi connectivity index (χ0) is 23.1. The minimum absolute atomic E-state index is 0.134. The molecule has 1 N–H and O–H groups in total. The van der Waals surface area contributed by atoms with Crippen LogP contribution < -0.4 is 5.32 Å². The maximum absolute atomic E-state index is 13.0. The second-order valence-electron chi connectivity index (χ2n) is 9.08. The van der Waals surface area contributed by atoms with Crippen molar-refractivity contribution in [2.75, 3.05) is 45.7 Å². The van der Waals surface area contributed by atoms with Crippen molar-refractivity contribution in [2.45, 2.75) is 45.1 Å². The average Bonchev–Trinajstić information content (AvgIpc) is 3.22. The molecule has 176 valence electrons. The standard InChI is InChI=1S/C24H35ClN4O3/c1-4-32-22(30)10-7-18-13-21(25)23(26-14-18)27-20-11-12-29(16-20)24(31)19-8-5-17(6-9-19)15-28(2)3/h7,10,13-14,17,19-20H,4-6,8-9,11-12,15-16H2,1-3H3,(H,26,27)/t17?,19?,20-/m1/s1. The molecular formula is C24H35ClN4O3.